The number of hydrogen-bond acceptors (Lipinski definition) is 5. The van der Waals surface area contributed by atoms with E-state index in [4.69, 9.17) is 9.47 Å². The third-order valence-corrected chi connectivity index (χ3v) is 5.62. The summed E-state index contributed by atoms with van der Waals surface area (Å²) < 4.78 is 14.0. The van der Waals surface area contributed by atoms with Crippen molar-refractivity contribution in [3.8, 4) is 11.5 Å². The average Bonchev–Trinajstić information content (AvgIpc) is 2.79. The van der Waals surface area contributed by atoms with Gasteiger partial charge in [-0.1, -0.05) is 18.2 Å². The van der Waals surface area contributed by atoms with Gasteiger partial charge in [-0.15, -0.1) is 10.2 Å². The van der Waals surface area contributed by atoms with Crippen molar-refractivity contribution >= 4 is 27.7 Å². The fourth-order valence-corrected chi connectivity index (χ4v) is 4.19. The number of hydrogen-bond donors (Lipinski definition) is 0. The van der Waals surface area contributed by atoms with Crippen LogP contribution in [0.3, 0.4) is 0 Å². The zero-order valence-corrected chi connectivity index (χ0v) is 15.7. The lowest BCUT2D eigenvalue weighted by atomic mass is 10.2. The lowest BCUT2D eigenvalue weighted by Crippen LogP contribution is -2.02. The van der Waals surface area contributed by atoms with Crippen LogP contribution in [-0.4, -0.2) is 29.0 Å². The van der Waals surface area contributed by atoms with Crippen LogP contribution in [0.4, 0.5) is 0 Å². The van der Waals surface area contributed by atoms with E-state index < -0.39 is 0 Å². The second-order valence-electron chi connectivity index (χ2n) is 5.45. The van der Waals surface area contributed by atoms with Gasteiger partial charge in [-0.25, -0.2) is 0 Å². The topological polar surface area (TPSA) is 49.2 Å². The van der Waals surface area contributed by atoms with E-state index in [2.05, 4.69) is 30.7 Å². The molecule has 0 atom stereocenters. The van der Waals surface area contributed by atoms with Gasteiger partial charge in [-0.05, 0) is 40.9 Å². The van der Waals surface area contributed by atoms with Crippen LogP contribution < -0.4 is 9.47 Å². The van der Waals surface area contributed by atoms with Crippen LogP contribution in [0.5, 0.6) is 11.5 Å². The van der Waals surface area contributed by atoms with E-state index in [9.17, 15) is 0 Å². The van der Waals surface area contributed by atoms with Gasteiger partial charge in [-0.3, -0.25) is 0 Å². The SMILES string of the molecule is COc1cc(CSc2nnc3n2CCCCC3)c(OC)cc1Br. The molecule has 0 bridgehead atoms. The molecule has 5 nitrogen and oxygen atoms in total. The quantitative estimate of drug-likeness (QED) is 0.711. The van der Waals surface area contributed by atoms with Crippen molar-refractivity contribution in [3.63, 3.8) is 0 Å². The van der Waals surface area contributed by atoms with Gasteiger partial charge >= 0.3 is 0 Å². The predicted molar refractivity (Wildman–Crippen MR) is 94.4 cm³/mol. The van der Waals surface area contributed by atoms with Crippen LogP contribution in [0, 0.1) is 0 Å². The molecule has 2 heterocycles. The van der Waals surface area contributed by atoms with Crippen molar-refractivity contribution in [1.82, 2.24) is 14.8 Å². The van der Waals surface area contributed by atoms with Crippen molar-refractivity contribution in [2.45, 2.75) is 43.1 Å². The molecule has 23 heavy (non-hydrogen) atoms. The molecular formula is C16H20BrN3O2S. The Bertz CT molecular complexity index is 690. The van der Waals surface area contributed by atoms with E-state index in [0.29, 0.717) is 0 Å². The third kappa shape index (κ3) is 3.66. The number of thioether (sulfide) groups is 1. The second kappa shape index (κ2) is 7.57. The van der Waals surface area contributed by atoms with Gasteiger partial charge < -0.3 is 14.0 Å². The number of ether oxygens (including phenoxy) is 2. The van der Waals surface area contributed by atoms with Crippen LogP contribution in [0.1, 0.15) is 30.7 Å². The van der Waals surface area contributed by atoms with E-state index in [1.807, 2.05) is 12.1 Å². The van der Waals surface area contributed by atoms with E-state index in [-0.39, 0.29) is 0 Å². The number of methoxy groups -OCH3 is 2. The van der Waals surface area contributed by atoms with Gasteiger partial charge in [0.2, 0.25) is 0 Å². The van der Waals surface area contributed by atoms with Crippen LogP contribution in [-0.2, 0) is 18.7 Å². The Morgan fingerprint density at radius 2 is 1.96 bits per heavy atom. The van der Waals surface area contributed by atoms with Gasteiger partial charge in [0.05, 0.1) is 18.7 Å². The normalized spacial score (nSPS) is 14.2. The summed E-state index contributed by atoms with van der Waals surface area (Å²) in [6.07, 6.45) is 4.71. The number of halogens is 1. The summed E-state index contributed by atoms with van der Waals surface area (Å²) in [5.74, 6) is 3.54. The molecule has 2 aromatic rings. The maximum absolute atomic E-state index is 5.49. The predicted octanol–water partition coefficient (Wildman–Crippen LogP) is 4.08. The van der Waals surface area contributed by atoms with Crippen molar-refractivity contribution in [1.29, 1.82) is 0 Å². The number of aryl methyl sites for hydroxylation is 1. The molecule has 0 saturated carbocycles. The molecule has 0 spiro atoms. The zero-order chi connectivity index (χ0) is 16.2. The first-order chi connectivity index (χ1) is 11.2. The molecule has 0 amide bonds. The summed E-state index contributed by atoms with van der Waals surface area (Å²) in [6, 6.07) is 3.95. The van der Waals surface area contributed by atoms with Crippen molar-refractivity contribution in [3.05, 3.63) is 28.0 Å². The Hall–Kier alpha value is -1.21. The highest BCUT2D eigenvalue weighted by Gasteiger charge is 2.16. The Balaban J connectivity index is 1.79. The van der Waals surface area contributed by atoms with E-state index in [1.54, 1.807) is 26.0 Å². The first-order valence-electron chi connectivity index (χ1n) is 7.68. The average molecular weight is 398 g/mol. The number of aromatic nitrogens is 3. The lowest BCUT2D eigenvalue weighted by Gasteiger charge is -2.12. The number of fused-ring (bicyclic) bond motifs is 1. The fourth-order valence-electron chi connectivity index (χ4n) is 2.74. The van der Waals surface area contributed by atoms with E-state index in [1.165, 1.54) is 19.3 Å². The Labute approximate surface area is 148 Å². The van der Waals surface area contributed by atoms with Crippen molar-refractivity contribution in [2.75, 3.05) is 14.2 Å². The van der Waals surface area contributed by atoms with Crippen molar-refractivity contribution in [2.24, 2.45) is 0 Å². The highest BCUT2D eigenvalue weighted by Crippen LogP contribution is 2.36. The fraction of sp³-hybridized carbons (Fsp3) is 0.500. The van der Waals surface area contributed by atoms with Gasteiger partial charge in [0, 0.05) is 24.3 Å². The molecule has 0 fully saturated rings. The molecule has 1 aliphatic heterocycles. The monoisotopic (exact) mass is 397 g/mol. The lowest BCUT2D eigenvalue weighted by molar-refractivity contribution is 0.398. The number of rotatable bonds is 5. The highest BCUT2D eigenvalue weighted by molar-refractivity contribution is 9.10. The van der Waals surface area contributed by atoms with Crippen LogP contribution in [0.15, 0.2) is 21.8 Å². The molecule has 0 N–H and O–H groups in total. The molecule has 0 aliphatic carbocycles. The van der Waals surface area contributed by atoms with Crippen LogP contribution in [0.2, 0.25) is 0 Å². The van der Waals surface area contributed by atoms with Gasteiger partial charge in [0.15, 0.2) is 5.16 Å². The van der Waals surface area contributed by atoms with Crippen LogP contribution >= 0.6 is 27.7 Å². The maximum Gasteiger partial charge on any atom is 0.191 e. The molecular weight excluding hydrogens is 378 g/mol. The molecule has 3 rings (SSSR count). The number of benzene rings is 1. The largest absolute Gasteiger partial charge is 0.496 e. The summed E-state index contributed by atoms with van der Waals surface area (Å²) in [6.45, 7) is 1.02. The molecule has 1 aromatic heterocycles. The van der Waals surface area contributed by atoms with Gasteiger partial charge in [-0.2, -0.15) is 0 Å². The smallest absolute Gasteiger partial charge is 0.191 e. The highest BCUT2D eigenvalue weighted by atomic mass is 79.9. The minimum Gasteiger partial charge on any atom is -0.496 e. The molecule has 0 saturated heterocycles. The summed E-state index contributed by atoms with van der Waals surface area (Å²) in [7, 11) is 3.35. The number of nitrogens with zero attached hydrogens (tertiary/aromatic N) is 3. The summed E-state index contributed by atoms with van der Waals surface area (Å²) in [4.78, 5) is 0. The molecule has 1 aromatic carbocycles. The van der Waals surface area contributed by atoms with Crippen LogP contribution in [0.25, 0.3) is 0 Å². The van der Waals surface area contributed by atoms with Gasteiger partial charge in [0.1, 0.15) is 17.3 Å². The van der Waals surface area contributed by atoms with Crippen molar-refractivity contribution < 1.29 is 9.47 Å². The van der Waals surface area contributed by atoms with Gasteiger partial charge in [0.25, 0.3) is 0 Å². The molecule has 0 radical (unpaired) electrons. The Kier molecular flexibility index (Phi) is 5.48. The maximum atomic E-state index is 5.49. The molecule has 7 heteroatoms. The minimum absolute atomic E-state index is 0.769. The summed E-state index contributed by atoms with van der Waals surface area (Å²) >= 11 is 5.19. The van der Waals surface area contributed by atoms with E-state index >= 15 is 0 Å². The van der Waals surface area contributed by atoms with E-state index in [0.717, 1.165) is 51.2 Å². The summed E-state index contributed by atoms with van der Waals surface area (Å²) in [5.41, 5.74) is 1.09. The zero-order valence-electron chi connectivity index (χ0n) is 13.3. The summed E-state index contributed by atoms with van der Waals surface area (Å²) in [5, 5.41) is 9.70. The molecule has 1 aliphatic rings. The second-order valence-corrected chi connectivity index (χ2v) is 7.25. The molecule has 124 valence electrons. The third-order valence-electron chi connectivity index (χ3n) is 3.99. The minimum atomic E-state index is 0.769. The molecule has 0 unspecified atom stereocenters. The Morgan fingerprint density at radius 1 is 1.13 bits per heavy atom. The first-order valence-corrected chi connectivity index (χ1v) is 9.46. The first kappa shape index (κ1) is 16.6. The Morgan fingerprint density at radius 3 is 2.74 bits per heavy atom. The standard InChI is InChI=1S/C16H20BrN3O2S/c1-21-13-9-12(17)14(22-2)8-11(13)10-23-16-19-18-15-6-4-3-5-7-20(15)16/h8-9H,3-7,10H2,1-2H3.